The van der Waals surface area contributed by atoms with Gasteiger partial charge in [0.1, 0.15) is 0 Å². The number of fused-ring (bicyclic) bond motifs is 1. The average molecular weight is 345 g/mol. The lowest BCUT2D eigenvalue weighted by molar-refractivity contribution is 0.352. The van der Waals surface area contributed by atoms with Crippen LogP contribution in [0.3, 0.4) is 0 Å². The van der Waals surface area contributed by atoms with Gasteiger partial charge in [-0.3, -0.25) is 0 Å². The lowest BCUT2D eigenvalue weighted by atomic mass is 9.81. The zero-order valence-electron chi connectivity index (χ0n) is 12.1. The molecule has 0 bridgehead atoms. The van der Waals surface area contributed by atoms with E-state index in [-0.39, 0.29) is 5.41 Å². The number of rotatable bonds is 3. The molecule has 19 heavy (non-hydrogen) atoms. The number of methoxy groups -OCH3 is 2. The summed E-state index contributed by atoms with van der Waals surface area (Å²) in [5.41, 5.74) is 2.90. The van der Waals surface area contributed by atoms with Crippen LogP contribution in [-0.4, -0.2) is 24.8 Å². The topological polar surface area (TPSA) is 18.5 Å². The van der Waals surface area contributed by atoms with Gasteiger partial charge < -0.3 is 9.47 Å². The van der Waals surface area contributed by atoms with E-state index in [1.807, 2.05) is 11.8 Å². The SMILES string of the molecule is COc1cc2c(cc1OC)C(C)(C)CSC2C(C)Br. The highest BCUT2D eigenvalue weighted by molar-refractivity contribution is 9.09. The van der Waals surface area contributed by atoms with Gasteiger partial charge in [-0.05, 0) is 28.7 Å². The first-order valence-corrected chi connectivity index (χ1v) is 8.39. The van der Waals surface area contributed by atoms with Crippen LogP contribution < -0.4 is 9.47 Å². The average Bonchev–Trinajstić information content (AvgIpc) is 2.36. The molecule has 0 radical (unpaired) electrons. The third-order valence-corrected chi connectivity index (χ3v) is 6.42. The van der Waals surface area contributed by atoms with Gasteiger partial charge in [-0.2, -0.15) is 11.8 Å². The zero-order valence-corrected chi connectivity index (χ0v) is 14.5. The van der Waals surface area contributed by atoms with Crippen LogP contribution in [0.2, 0.25) is 0 Å². The quantitative estimate of drug-likeness (QED) is 0.749. The molecule has 2 rings (SSSR count). The van der Waals surface area contributed by atoms with E-state index >= 15 is 0 Å². The van der Waals surface area contributed by atoms with Crippen LogP contribution in [0.4, 0.5) is 0 Å². The van der Waals surface area contributed by atoms with Crippen molar-refractivity contribution in [2.45, 2.75) is 36.3 Å². The van der Waals surface area contributed by atoms with Crippen molar-refractivity contribution >= 4 is 27.7 Å². The van der Waals surface area contributed by atoms with Gasteiger partial charge in [0.2, 0.25) is 0 Å². The van der Waals surface area contributed by atoms with Crippen molar-refractivity contribution in [3.63, 3.8) is 0 Å². The number of alkyl halides is 1. The van der Waals surface area contributed by atoms with Crippen molar-refractivity contribution in [1.82, 2.24) is 0 Å². The number of ether oxygens (including phenoxy) is 2. The molecular formula is C15H21BrO2S. The van der Waals surface area contributed by atoms with Gasteiger partial charge in [-0.15, -0.1) is 0 Å². The molecule has 2 nitrogen and oxygen atoms in total. The van der Waals surface area contributed by atoms with E-state index in [0.717, 1.165) is 17.3 Å². The fraction of sp³-hybridized carbons (Fsp3) is 0.600. The third kappa shape index (κ3) is 2.75. The van der Waals surface area contributed by atoms with Gasteiger partial charge in [-0.25, -0.2) is 0 Å². The molecule has 0 aliphatic carbocycles. The molecule has 1 aliphatic heterocycles. The van der Waals surface area contributed by atoms with Crippen LogP contribution in [0, 0.1) is 0 Å². The van der Waals surface area contributed by atoms with E-state index in [2.05, 4.69) is 48.8 Å². The predicted octanol–water partition coefficient (Wildman–Crippen LogP) is 4.55. The summed E-state index contributed by atoms with van der Waals surface area (Å²) in [4.78, 5) is 0.436. The number of halogens is 1. The minimum Gasteiger partial charge on any atom is -0.493 e. The molecule has 1 heterocycles. The van der Waals surface area contributed by atoms with Crippen LogP contribution in [-0.2, 0) is 5.41 Å². The van der Waals surface area contributed by atoms with Gasteiger partial charge in [0.15, 0.2) is 11.5 Å². The van der Waals surface area contributed by atoms with Crippen LogP contribution >= 0.6 is 27.7 Å². The lowest BCUT2D eigenvalue weighted by Crippen LogP contribution is -2.29. The summed E-state index contributed by atoms with van der Waals surface area (Å²) in [6, 6.07) is 4.29. The molecule has 0 amide bonds. The third-order valence-electron chi connectivity index (χ3n) is 3.63. The van der Waals surface area contributed by atoms with Crippen molar-refractivity contribution in [2.75, 3.05) is 20.0 Å². The van der Waals surface area contributed by atoms with Gasteiger partial charge >= 0.3 is 0 Å². The Morgan fingerprint density at radius 1 is 1.26 bits per heavy atom. The van der Waals surface area contributed by atoms with Crippen molar-refractivity contribution < 1.29 is 9.47 Å². The maximum absolute atomic E-state index is 5.45. The summed E-state index contributed by atoms with van der Waals surface area (Å²) in [6.07, 6.45) is 0. The van der Waals surface area contributed by atoms with E-state index in [1.54, 1.807) is 14.2 Å². The molecule has 0 fully saturated rings. The number of hydrogen-bond acceptors (Lipinski definition) is 3. The molecule has 0 saturated carbocycles. The minimum atomic E-state index is 0.165. The van der Waals surface area contributed by atoms with Gasteiger partial charge in [0.25, 0.3) is 0 Å². The number of hydrogen-bond donors (Lipinski definition) is 0. The van der Waals surface area contributed by atoms with E-state index in [0.29, 0.717) is 10.1 Å². The summed E-state index contributed by atoms with van der Waals surface area (Å²) >= 11 is 5.74. The summed E-state index contributed by atoms with van der Waals surface area (Å²) in [5, 5.41) is 0.461. The Hall–Kier alpha value is -0.350. The highest BCUT2D eigenvalue weighted by Gasteiger charge is 2.36. The molecule has 4 heteroatoms. The monoisotopic (exact) mass is 344 g/mol. The first kappa shape index (κ1) is 15.0. The van der Waals surface area contributed by atoms with Gasteiger partial charge in [-0.1, -0.05) is 36.7 Å². The fourth-order valence-electron chi connectivity index (χ4n) is 2.56. The molecule has 1 aliphatic rings. The Kier molecular flexibility index (Phi) is 4.41. The van der Waals surface area contributed by atoms with E-state index in [1.165, 1.54) is 11.1 Å². The standard InChI is InChI=1S/C15H21BrO2S/c1-9(16)14-10-6-12(17-4)13(18-5)7-11(10)15(2,3)8-19-14/h6-7,9,14H,8H2,1-5H3. The van der Waals surface area contributed by atoms with Crippen molar-refractivity contribution in [3.8, 4) is 11.5 Å². The first-order valence-electron chi connectivity index (χ1n) is 6.42. The minimum absolute atomic E-state index is 0.165. The maximum Gasteiger partial charge on any atom is 0.161 e. The van der Waals surface area contributed by atoms with Crippen LogP contribution in [0.5, 0.6) is 11.5 Å². The summed E-state index contributed by atoms with van der Waals surface area (Å²) in [6.45, 7) is 6.79. The van der Waals surface area contributed by atoms with E-state index < -0.39 is 0 Å². The molecular weight excluding hydrogens is 324 g/mol. The molecule has 0 aromatic heterocycles. The highest BCUT2D eigenvalue weighted by Crippen LogP contribution is 2.51. The molecule has 0 N–H and O–H groups in total. The molecule has 1 aromatic rings. The van der Waals surface area contributed by atoms with Crippen LogP contribution in [0.25, 0.3) is 0 Å². The zero-order chi connectivity index (χ0) is 14.2. The number of benzene rings is 1. The van der Waals surface area contributed by atoms with Crippen LogP contribution in [0.1, 0.15) is 37.1 Å². The lowest BCUT2D eigenvalue weighted by Gasteiger charge is -2.38. The molecule has 2 atom stereocenters. The summed E-state index contributed by atoms with van der Waals surface area (Å²) < 4.78 is 10.9. The smallest absolute Gasteiger partial charge is 0.161 e. The normalized spacial score (nSPS) is 22.5. The van der Waals surface area contributed by atoms with E-state index in [4.69, 9.17) is 9.47 Å². The predicted molar refractivity (Wildman–Crippen MR) is 86.2 cm³/mol. The fourth-order valence-corrected chi connectivity index (χ4v) is 4.70. The van der Waals surface area contributed by atoms with Crippen molar-refractivity contribution in [2.24, 2.45) is 0 Å². The second-order valence-corrected chi connectivity index (χ2v) is 8.16. The van der Waals surface area contributed by atoms with Crippen molar-refractivity contribution in [1.29, 1.82) is 0 Å². The van der Waals surface area contributed by atoms with Gasteiger partial charge in [0.05, 0.1) is 14.2 Å². The second kappa shape index (κ2) is 5.57. The summed E-state index contributed by atoms with van der Waals surface area (Å²) in [7, 11) is 3.39. The Bertz CT molecular complexity index is 471. The largest absolute Gasteiger partial charge is 0.493 e. The Labute approximate surface area is 128 Å². The number of thioether (sulfide) groups is 1. The first-order chi connectivity index (χ1) is 8.90. The Morgan fingerprint density at radius 3 is 2.37 bits per heavy atom. The Balaban J connectivity index is 2.61. The molecule has 0 saturated heterocycles. The second-order valence-electron chi connectivity index (χ2n) is 5.59. The molecule has 2 unspecified atom stereocenters. The maximum atomic E-state index is 5.45. The molecule has 0 spiro atoms. The summed E-state index contributed by atoms with van der Waals surface area (Å²) in [5.74, 6) is 2.76. The van der Waals surface area contributed by atoms with Gasteiger partial charge in [0, 0.05) is 15.8 Å². The highest BCUT2D eigenvalue weighted by atomic mass is 79.9. The molecule has 106 valence electrons. The van der Waals surface area contributed by atoms with Crippen LogP contribution in [0.15, 0.2) is 12.1 Å². The molecule has 1 aromatic carbocycles. The van der Waals surface area contributed by atoms with E-state index in [9.17, 15) is 0 Å². The van der Waals surface area contributed by atoms with Crippen molar-refractivity contribution in [3.05, 3.63) is 23.3 Å². The Morgan fingerprint density at radius 2 is 1.84 bits per heavy atom.